The number of halogens is 1. The molecule has 1 heterocycles. The molecule has 2 aromatic carbocycles. The number of carbonyl (C=O) groups excluding carboxylic acids is 2. The largest absolute Gasteiger partial charge is 0.486 e. The van der Waals surface area contributed by atoms with Crippen LogP contribution in [0.25, 0.3) is 0 Å². The van der Waals surface area contributed by atoms with E-state index in [1.165, 1.54) is 25.1 Å². The second-order valence-corrected chi connectivity index (χ2v) is 6.20. The van der Waals surface area contributed by atoms with Gasteiger partial charge in [0, 0.05) is 12.6 Å². The van der Waals surface area contributed by atoms with E-state index < -0.39 is 11.7 Å². The van der Waals surface area contributed by atoms with Gasteiger partial charge in [0.05, 0.1) is 5.69 Å². The van der Waals surface area contributed by atoms with Crippen molar-refractivity contribution in [3.63, 3.8) is 0 Å². The normalized spacial score (nSPS) is 10.4. The Bertz CT molecular complexity index is 996. The van der Waals surface area contributed by atoms with E-state index in [0.717, 1.165) is 11.6 Å². The van der Waals surface area contributed by atoms with Gasteiger partial charge in [0.25, 0.3) is 5.91 Å². The van der Waals surface area contributed by atoms with E-state index in [1.54, 1.807) is 6.07 Å². The van der Waals surface area contributed by atoms with Crippen LogP contribution in [0.2, 0.25) is 0 Å². The molecule has 2 N–H and O–H groups in total. The lowest BCUT2D eigenvalue weighted by molar-refractivity contribution is -0.114. The Kier molecular flexibility index (Phi) is 5.74. The van der Waals surface area contributed by atoms with Crippen molar-refractivity contribution < 1.29 is 23.1 Å². The Hall–Kier alpha value is -3.61. The van der Waals surface area contributed by atoms with Crippen LogP contribution in [0.1, 0.15) is 28.8 Å². The molecule has 0 atom stereocenters. The Morgan fingerprint density at radius 2 is 1.79 bits per heavy atom. The summed E-state index contributed by atoms with van der Waals surface area (Å²) in [6.07, 6.45) is 0. The lowest BCUT2D eigenvalue weighted by atomic mass is 10.2. The Balaban J connectivity index is 1.64. The van der Waals surface area contributed by atoms with Crippen LogP contribution in [0.5, 0.6) is 5.75 Å². The van der Waals surface area contributed by atoms with Crippen molar-refractivity contribution in [2.75, 3.05) is 10.6 Å². The van der Waals surface area contributed by atoms with Crippen LogP contribution in [0.15, 0.2) is 59.0 Å². The van der Waals surface area contributed by atoms with Gasteiger partial charge < -0.3 is 19.8 Å². The average molecular weight is 382 g/mol. The van der Waals surface area contributed by atoms with E-state index in [2.05, 4.69) is 10.6 Å². The number of carbonyl (C=O) groups is 2. The van der Waals surface area contributed by atoms with Gasteiger partial charge >= 0.3 is 0 Å². The van der Waals surface area contributed by atoms with Crippen LogP contribution < -0.4 is 15.4 Å². The molecule has 6 nitrogen and oxygen atoms in total. The summed E-state index contributed by atoms with van der Waals surface area (Å²) in [6.45, 7) is 3.48. The fraction of sp³-hybridized carbons (Fsp3) is 0.143. The van der Waals surface area contributed by atoms with Gasteiger partial charge in [-0.2, -0.15) is 0 Å². The number of hydrogen-bond donors (Lipinski definition) is 2. The van der Waals surface area contributed by atoms with E-state index >= 15 is 0 Å². The summed E-state index contributed by atoms with van der Waals surface area (Å²) in [5.41, 5.74) is 1.43. The van der Waals surface area contributed by atoms with E-state index in [4.69, 9.17) is 9.15 Å². The fourth-order valence-corrected chi connectivity index (χ4v) is 2.45. The summed E-state index contributed by atoms with van der Waals surface area (Å²) >= 11 is 0. The van der Waals surface area contributed by atoms with Crippen LogP contribution >= 0.6 is 0 Å². The molecule has 0 saturated carbocycles. The summed E-state index contributed by atoms with van der Waals surface area (Å²) in [4.78, 5) is 23.4. The Morgan fingerprint density at radius 3 is 2.50 bits per heavy atom. The summed E-state index contributed by atoms with van der Waals surface area (Å²) in [5, 5.41) is 4.96. The van der Waals surface area contributed by atoms with Crippen LogP contribution in [0, 0.1) is 12.7 Å². The first-order valence-electron chi connectivity index (χ1n) is 8.57. The third-order valence-electron chi connectivity index (χ3n) is 3.82. The highest BCUT2D eigenvalue weighted by Gasteiger charge is 2.14. The second-order valence-electron chi connectivity index (χ2n) is 6.20. The highest BCUT2D eigenvalue weighted by molar-refractivity contribution is 6.02. The van der Waals surface area contributed by atoms with Crippen LogP contribution in [0.4, 0.5) is 15.8 Å². The molecule has 0 bridgehead atoms. The van der Waals surface area contributed by atoms with Crippen LogP contribution in [-0.4, -0.2) is 11.8 Å². The molecule has 0 spiro atoms. The zero-order valence-corrected chi connectivity index (χ0v) is 15.4. The van der Waals surface area contributed by atoms with Gasteiger partial charge in [-0.05, 0) is 49.4 Å². The van der Waals surface area contributed by atoms with Gasteiger partial charge in [-0.25, -0.2) is 4.39 Å². The molecule has 3 aromatic rings. The minimum Gasteiger partial charge on any atom is -0.486 e. The molecule has 0 aliphatic rings. The monoisotopic (exact) mass is 382 g/mol. The maximum Gasteiger partial charge on any atom is 0.291 e. The van der Waals surface area contributed by atoms with Gasteiger partial charge in [0.15, 0.2) is 5.76 Å². The average Bonchev–Trinajstić information content (AvgIpc) is 3.13. The molecule has 28 heavy (non-hydrogen) atoms. The Labute approximate surface area is 161 Å². The summed E-state index contributed by atoms with van der Waals surface area (Å²) < 4.78 is 25.0. The molecular formula is C21H19FN2O4. The molecule has 7 heteroatoms. The third-order valence-corrected chi connectivity index (χ3v) is 3.82. The highest BCUT2D eigenvalue weighted by atomic mass is 19.1. The van der Waals surface area contributed by atoms with E-state index in [9.17, 15) is 14.0 Å². The second kappa shape index (κ2) is 8.39. The third kappa shape index (κ3) is 4.97. The number of furan rings is 1. The molecule has 0 aliphatic carbocycles. The standard InChI is InChI=1S/C21H19FN2O4/c1-13-3-6-16(7-4-13)27-12-17-8-10-20(28-17)21(26)24-19-11-15(23-14(2)25)5-9-18(19)22/h3-11H,12H2,1-2H3,(H,23,25)(H,24,26). The molecule has 0 radical (unpaired) electrons. The number of amides is 2. The molecule has 0 aliphatic heterocycles. The molecule has 0 saturated heterocycles. The van der Waals surface area contributed by atoms with Crippen molar-refractivity contribution in [3.8, 4) is 5.75 Å². The van der Waals surface area contributed by atoms with Gasteiger partial charge in [-0.3, -0.25) is 9.59 Å². The van der Waals surface area contributed by atoms with Gasteiger partial charge in [-0.1, -0.05) is 17.7 Å². The predicted molar refractivity (Wildman–Crippen MR) is 103 cm³/mol. The molecule has 3 rings (SSSR count). The van der Waals surface area contributed by atoms with Crippen molar-refractivity contribution in [1.82, 2.24) is 0 Å². The van der Waals surface area contributed by atoms with Gasteiger partial charge in [0.2, 0.25) is 5.91 Å². The van der Waals surface area contributed by atoms with Crippen molar-refractivity contribution in [1.29, 1.82) is 0 Å². The Morgan fingerprint density at radius 1 is 1.04 bits per heavy atom. The molecular weight excluding hydrogens is 363 g/mol. The van der Waals surface area contributed by atoms with Crippen molar-refractivity contribution in [3.05, 3.63) is 77.5 Å². The first kappa shape index (κ1) is 19.2. The lowest BCUT2D eigenvalue weighted by Crippen LogP contribution is -2.13. The molecule has 2 amide bonds. The number of anilines is 2. The molecule has 0 unspecified atom stereocenters. The van der Waals surface area contributed by atoms with Gasteiger partial charge in [0.1, 0.15) is 23.9 Å². The van der Waals surface area contributed by atoms with Crippen molar-refractivity contribution >= 4 is 23.2 Å². The van der Waals surface area contributed by atoms with Crippen molar-refractivity contribution in [2.24, 2.45) is 0 Å². The molecule has 0 fully saturated rings. The van der Waals surface area contributed by atoms with E-state index in [-0.39, 0.29) is 24.0 Å². The number of hydrogen-bond acceptors (Lipinski definition) is 4. The fourth-order valence-electron chi connectivity index (χ4n) is 2.45. The summed E-state index contributed by atoms with van der Waals surface area (Å²) in [7, 11) is 0. The zero-order valence-electron chi connectivity index (χ0n) is 15.4. The zero-order chi connectivity index (χ0) is 20.1. The summed E-state index contributed by atoms with van der Waals surface area (Å²) in [6, 6.07) is 14.5. The van der Waals surface area contributed by atoms with Gasteiger partial charge in [-0.15, -0.1) is 0 Å². The van der Waals surface area contributed by atoms with Crippen LogP contribution in [0.3, 0.4) is 0 Å². The smallest absolute Gasteiger partial charge is 0.291 e. The summed E-state index contributed by atoms with van der Waals surface area (Å²) in [5.74, 6) is -0.375. The predicted octanol–water partition coefficient (Wildman–Crippen LogP) is 4.52. The van der Waals surface area contributed by atoms with E-state index in [0.29, 0.717) is 17.2 Å². The minimum absolute atomic E-state index is 0.0202. The first-order valence-corrected chi connectivity index (χ1v) is 8.57. The SMILES string of the molecule is CC(=O)Nc1ccc(F)c(NC(=O)c2ccc(COc3ccc(C)cc3)o2)c1. The van der Waals surface area contributed by atoms with Crippen LogP contribution in [-0.2, 0) is 11.4 Å². The van der Waals surface area contributed by atoms with E-state index in [1.807, 2.05) is 31.2 Å². The minimum atomic E-state index is -0.628. The quantitative estimate of drug-likeness (QED) is 0.657. The number of nitrogens with one attached hydrogen (secondary N) is 2. The number of benzene rings is 2. The maximum absolute atomic E-state index is 13.9. The highest BCUT2D eigenvalue weighted by Crippen LogP contribution is 2.21. The first-order chi connectivity index (χ1) is 13.4. The number of aryl methyl sites for hydroxylation is 1. The maximum atomic E-state index is 13.9. The van der Waals surface area contributed by atoms with Crippen molar-refractivity contribution in [2.45, 2.75) is 20.5 Å². The lowest BCUT2D eigenvalue weighted by Gasteiger charge is -2.08. The molecule has 144 valence electrons. The number of rotatable bonds is 6. The topological polar surface area (TPSA) is 80.6 Å². The molecule has 1 aromatic heterocycles. The number of ether oxygens (including phenoxy) is 1.